The molecule has 1 aliphatic heterocycles. The number of piperazine rings is 1. The number of hydrogen-bond donors (Lipinski definition) is 2. The molecule has 0 saturated carbocycles. The summed E-state index contributed by atoms with van der Waals surface area (Å²) >= 11 is 0. The number of aromatic amines is 1. The molecule has 0 bridgehead atoms. The van der Waals surface area contributed by atoms with Crippen LogP contribution in [0.5, 0.6) is 0 Å². The molecule has 1 fully saturated rings. The van der Waals surface area contributed by atoms with Crippen LogP contribution in [-0.4, -0.2) is 49.2 Å². The van der Waals surface area contributed by atoms with Crippen LogP contribution in [-0.2, 0) is 0 Å². The molecule has 0 radical (unpaired) electrons. The average Bonchev–Trinajstić information content (AvgIpc) is 2.99. The Balaban J connectivity index is 1.24. The lowest BCUT2D eigenvalue weighted by Gasteiger charge is -2.36. The number of aromatic nitrogens is 1. The standard InChI is InChI=1S/C32H28N4O3/c37-31-22-10-4-5-11-23(22)32(38)29-28(31)25(20-27-30(29)34-24-12-6-7-13-26(24)39-27)33-14-15-35-16-18-36(19-17-35)21-8-2-1-3-9-21/h1-13,20,33-34H,14-19H2. The molecule has 0 amide bonds. The minimum Gasteiger partial charge on any atom is -0.453 e. The maximum Gasteiger partial charge on any atom is 0.196 e. The van der Waals surface area contributed by atoms with Crippen LogP contribution in [0.15, 0.2) is 98.9 Å². The van der Waals surface area contributed by atoms with Gasteiger partial charge >= 0.3 is 0 Å². The number of H-pyrrole nitrogens is 1. The van der Waals surface area contributed by atoms with E-state index in [4.69, 9.17) is 4.42 Å². The topological polar surface area (TPSA) is 81.6 Å². The second-order valence-corrected chi connectivity index (χ2v) is 10.1. The highest BCUT2D eigenvalue weighted by Crippen LogP contribution is 2.31. The fourth-order valence-electron chi connectivity index (χ4n) is 5.74. The predicted octanol–water partition coefficient (Wildman–Crippen LogP) is 5.18. The number of rotatable bonds is 5. The maximum absolute atomic E-state index is 13.8. The minimum absolute atomic E-state index is 0.150. The van der Waals surface area contributed by atoms with Crippen molar-refractivity contribution in [2.24, 2.45) is 0 Å². The van der Waals surface area contributed by atoms with Crippen molar-refractivity contribution in [3.05, 3.63) is 105 Å². The van der Waals surface area contributed by atoms with Crippen LogP contribution < -0.4 is 21.1 Å². The number of hydrogen-bond acceptors (Lipinski definition) is 6. The van der Waals surface area contributed by atoms with Crippen molar-refractivity contribution in [1.82, 2.24) is 9.88 Å². The molecule has 7 rings (SSSR count). The van der Waals surface area contributed by atoms with Crippen LogP contribution in [0, 0.1) is 0 Å². The molecular weight excluding hydrogens is 488 g/mol. The van der Waals surface area contributed by atoms with Gasteiger partial charge in [-0.2, -0.15) is 0 Å². The number of para-hydroxylation sites is 3. The molecule has 0 aliphatic carbocycles. The van der Waals surface area contributed by atoms with Crippen LogP contribution >= 0.6 is 0 Å². The van der Waals surface area contributed by atoms with Crippen LogP contribution in [0.3, 0.4) is 0 Å². The highest BCUT2D eigenvalue weighted by molar-refractivity contribution is 6.14. The second-order valence-electron chi connectivity index (χ2n) is 10.1. The van der Waals surface area contributed by atoms with Gasteiger partial charge in [0.1, 0.15) is 0 Å². The summed E-state index contributed by atoms with van der Waals surface area (Å²) in [6.07, 6.45) is 0. The van der Waals surface area contributed by atoms with Crippen LogP contribution in [0.25, 0.3) is 43.7 Å². The summed E-state index contributed by atoms with van der Waals surface area (Å²) in [4.78, 5) is 35.7. The Labute approximate surface area is 224 Å². The number of anilines is 2. The van der Waals surface area contributed by atoms with Gasteiger partial charge in [-0.1, -0.05) is 54.6 Å². The molecule has 39 heavy (non-hydrogen) atoms. The molecule has 5 aromatic carbocycles. The van der Waals surface area contributed by atoms with Crippen molar-refractivity contribution in [3.8, 4) is 0 Å². The molecular formula is C32H28N4O3. The first-order chi connectivity index (χ1) is 19.2. The fourth-order valence-corrected chi connectivity index (χ4v) is 5.74. The zero-order valence-electron chi connectivity index (χ0n) is 21.4. The van der Waals surface area contributed by atoms with Crippen molar-refractivity contribution in [1.29, 1.82) is 0 Å². The maximum atomic E-state index is 13.8. The Morgan fingerprint density at radius 2 is 1.41 bits per heavy atom. The predicted molar refractivity (Wildman–Crippen MR) is 159 cm³/mol. The molecule has 7 heteroatoms. The lowest BCUT2D eigenvalue weighted by molar-refractivity contribution is 0.267. The van der Waals surface area contributed by atoms with Gasteiger partial charge in [0.25, 0.3) is 0 Å². The van der Waals surface area contributed by atoms with Crippen molar-refractivity contribution in [2.75, 3.05) is 49.5 Å². The zero-order chi connectivity index (χ0) is 26.3. The van der Waals surface area contributed by atoms with Crippen molar-refractivity contribution in [3.63, 3.8) is 0 Å². The minimum atomic E-state index is -0.174. The third-order valence-electron chi connectivity index (χ3n) is 7.77. The number of nitrogens with one attached hydrogen (secondary N) is 2. The van der Waals surface area contributed by atoms with Gasteiger partial charge in [0.05, 0.1) is 27.5 Å². The van der Waals surface area contributed by atoms with E-state index in [1.807, 2.05) is 36.4 Å². The summed E-state index contributed by atoms with van der Waals surface area (Å²) in [7, 11) is 0. The summed E-state index contributed by atoms with van der Waals surface area (Å²) in [5.74, 6) is 0. The molecule has 0 spiro atoms. The first-order valence-corrected chi connectivity index (χ1v) is 13.4. The van der Waals surface area contributed by atoms with Gasteiger partial charge in [-0.25, -0.2) is 0 Å². The third kappa shape index (κ3) is 4.11. The molecule has 0 atom stereocenters. The Kier molecular flexibility index (Phi) is 5.78. The molecule has 7 nitrogen and oxygen atoms in total. The quantitative estimate of drug-likeness (QED) is 0.243. The lowest BCUT2D eigenvalue weighted by atomic mass is 9.99. The summed E-state index contributed by atoms with van der Waals surface area (Å²) in [6.45, 7) is 5.35. The number of fused-ring (bicyclic) bond motifs is 5. The first kappa shape index (κ1) is 23.5. The smallest absolute Gasteiger partial charge is 0.196 e. The van der Waals surface area contributed by atoms with E-state index in [1.54, 1.807) is 24.3 Å². The van der Waals surface area contributed by atoms with Gasteiger partial charge in [0.15, 0.2) is 22.0 Å². The van der Waals surface area contributed by atoms with Gasteiger partial charge in [-0.3, -0.25) is 14.5 Å². The van der Waals surface area contributed by atoms with E-state index in [0.29, 0.717) is 50.5 Å². The SMILES string of the molecule is O=c1c2ccccc2c(=O)c2c1c(NCCN1CCN(c3ccccc3)CC1)cc1oc3ccccc3[nH]c12. The van der Waals surface area contributed by atoms with Crippen LogP contribution in [0.4, 0.5) is 11.4 Å². The fraction of sp³-hybridized carbons (Fsp3) is 0.188. The molecule has 2 heterocycles. The van der Waals surface area contributed by atoms with Gasteiger partial charge in [-0.05, 0) is 24.3 Å². The molecule has 1 saturated heterocycles. The first-order valence-electron chi connectivity index (χ1n) is 13.4. The molecule has 194 valence electrons. The highest BCUT2D eigenvalue weighted by atomic mass is 16.3. The van der Waals surface area contributed by atoms with E-state index in [0.717, 1.165) is 38.2 Å². The molecule has 1 aromatic heterocycles. The molecule has 2 N–H and O–H groups in total. The Morgan fingerprint density at radius 3 is 2.18 bits per heavy atom. The zero-order valence-corrected chi connectivity index (χ0v) is 21.4. The summed E-state index contributed by atoms with van der Waals surface area (Å²) in [6, 6.07) is 27.0. The number of nitrogens with zero attached hydrogens (tertiary/aromatic N) is 2. The normalized spacial score (nSPS) is 14.5. The van der Waals surface area contributed by atoms with E-state index >= 15 is 0 Å². The lowest BCUT2D eigenvalue weighted by Crippen LogP contribution is -2.47. The van der Waals surface area contributed by atoms with Crippen molar-refractivity contribution >= 4 is 55.1 Å². The van der Waals surface area contributed by atoms with Gasteiger partial charge in [-0.15, -0.1) is 0 Å². The second kappa shape index (κ2) is 9.60. The van der Waals surface area contributed by atoms with Gasteiger partial charge < -0.3 is 19.6 Å². The highest BCUT2D eigenvalue weighted by Gasteiger charge is 2.20. The monoisotopic (exact) mass is 516 g/mol. The van der Waals surface area contributed by atoms with E-state index < -0.39 is 0 Å². The Bertz CT molecular complexity index is 1950. The average molecular weight is 517 g/mol. The van der Waals surface area contributed by atoms with Crippen molar-refractivity contribution < 1.29 is 4.42 Å². The third-order valence-corrected chi connectivity index (χ3v) is 7.77. The van der Waals surface area contributed by atoms with E-state index in [-0.39, 0.29) is 10.9 Å². The molecule has 1 aliphatic rings. The van der Waals surface area contributed by atoms with Crippen LogP contribution in [0.2, 0.25) is 0 Å². The summed E-state index contributed by atoms with van der Waals surface area (Å²) in [5, 5.41) is 5.11. The van der Waals surface area contributed by atoms with Crippen LogP contribution in [0.1, 0.15) is 0 Å². The van der Waals surface area contributed by atoms with Crippen molar-refractivity contribution in [2.45, 2.75) is 0 Å². The Morgan fingerprint density at radius 1 is 0.744 bits per heavy atom. The largest absolute Gasteiger partial charge is 0.453 e. The van der Waals surface area contributed by atoms with Gasteiger partial charge in [0.2, 0.25) is 0 Å². The summed E-state index contributed by atoms with van der Waals surface area (Å²) < 4.78 is 6.22. The van der Waals surface area contributed by atoms with Gasteiger partial charge in [0, 0.05) is 61.8 Å². The van der Waals surface area contributed by atoms with E-state index in [2.05, 4.69) is 44.4 Å². The Hall–Kier alpha value is -4.62. The molecule has 6 aromatic rings. The van der Waals surface area contributed by atoms with E-state index in [9.17, 15) is 9.59 Å². The molecule has 0 unspecified atom stereocenters. The summed E-state index contributed by atoms with van der Waals surface area (Å²) in [5.41, 5.74) is 4.08. The number of benzene rings is 5. The van der Waals surface area contributed by atoms with E-state index in [1.165, 1.54) is 5.69 Å².